The number of benzene rings is 2. The van der Waals surface area contributed by atoms with Crippen LogP contribution in [0.4, 0.5) is 10.8 Å². The second-order valence-corrected chi connectivity index (χ2v) is 8.68. The van der Waals surface area contributed by atoms with E-state index < -0.39 is 0 Å². The average Bonchev–Trinajstić information content (AvgIpc) is 3.25. The molecule has 11 heteroatoms. The lowest BCUT2D eigenvalue weighted by molar-refractivity contribution is -0.113. The summed E-state index contributed by atoms with van der Waals surface area (Å²) in [6.45, 7) is 3.45. The van der Waals surface area contributed by atoms with Gasteiger partial charge >= 0.3 is 0 Å². The number of ether oxygens (including phenoxy) is 3. The molecular formula is C21H20N4O5S2. The first-order chi connectivity index (χ1) is 15.6. The third-order valence-electron chi connectivity index (χ3n) is 4.21. The number of hydrogen-bond acceptors (Lipinski definition) is 9. The third kappa shape index (κ3) is 5.68. The molecule has 2 aromatic carbocycles. The second-order valence-electron chi connectivity index (χ2n) is 6.48. The van der Waals surface area contributed by atoms with E-state index in [4.69, 9.17) is 14.2 Å². The maximum Gasteiger partial charge on any atom is 0.257 e. The van der Waals surface area contributed by atoms with Gasteiger partial charge in [-0.1, -0.05) is 23.1 Å². The highest BCUT2D eigenvalue weighted by Gasteiger charge is 2.14. The fraction of sp³-hybridized carbons (Fsp3) is 0.238. The SMILES string of the molecule is CCOc1ccc(C(=O)Nc2nnc(SCC(=O)Nc3ccc4c(c3)OCCO4)s2)cc1. The van der Waals surface area contributed by atoms with Crippen molar-refractivity contribution in [3.8, 4) is 17.2 Å². The molecule has 0 saturated carbocycles. The largest absolute Gasteiger partial charge is 0.494 e. The Morgan fingerprint density at radius 2 is 1.84 bits per heavy atom. The van der Waals surface area contributed by atoms with Gasteiger partial charge in [0, 0.05) is 17.3 Å². The number of carbonyl (C=O) groups excluding carboxylic acids is 2. The second kappa shape index (κ2) is 10.3. The van der Waals surface area contributed by atoms with Crippen molar-refractivity contribution in [1.82, 2.24) is 10.2 Å². The molecule has 0 aliphatic carbocycles. The summed E-state index contributed by atoms with van der Waals surface area (Å²) in [5, 5.41) is 13.9. The summed E-state index contributed by atoms with van der Waals surface area (Å²) in [4.78, 5) is 24.6. The van der Waals surface area contributed by atoms with Gasteiger partial charge in [-0.15, -0.1) is 10.2 Å². The van der Waals surface area contributed by atoms with Crippen LogP contribution >= 0.6 is 23.1 Å². The first kappa shape index (κ1) is 21.9. The van der Waals surface area contributed by atoms with Gasteiger partial charge in [0.2, 0.25) is 11.0 Å². The normalized spacial score (nSPS) is 12.2. The molecule has 0 unspecified atom stereocenters. The van der Waals surface area contributed by atoms with Crippen LogP contribution in [-0.2, 0) is 4.79 Å². The monoisotopic (exact) mass is 472 g/mol. The van der Waals surface area contributed by atoms with E-state index in [0.29, 0.717) is 57.8 Å². The molecule has 0 atom stereocenters. The van der Waals surface area contributed by atoms with Crippen LogP contribution < -0.4 is 24.8 Å². The molecule has 0 saturated heterocycles. The fourth-order valence-corrected chi connectivity index (χ4v) is 4.35. The van der Waals surface area contributed by atoms with Crippen molar-refractivity contribution in [2.75, 3.05) is 36.2 Å². The van der Waals surface area contributed by atoms with E-state index >= 15 is 0 Å². The Morgan fingerprint density at radius 1 is 1.06 bits per heavy atom. The quantitative estimate of drug-likeness (QED) is 0.377. The first-order valence-electron chi connectivity index (χ1n) is 9.80. The number of thioether (sulfide) groups is 1. The molecule has 0 bridgehead atoms. The third-order valence-corrected chi connectivity index (χ3v) is 6.18. The lowest BCUT2D eigenvalue weighted by Crippen LogP contribution is -2.17. The molecule has 2 N–H and O–H groups in total. The van der Waals surface area contributed by atoms with Crippen LogP contribution in [0.5, 0.6) is 17.2 Å². The van der Waals surface area contributed by atoms with Gasteiger partial charge < -0.3 is 19.5 Å². The van der Waals surface area contributed by atoms with Crippen LogP contribution in [0.25, 0.3) is 0 Å². The number of rotatable bonds is 8. The minimum absolute atomic E-state index is 0.149. The molecule has 4 rings (SSSR count). The van der Waals surface area contributed by atoms with Crippen molar-refractivity contribution in [3.63, 3.8) is 0 Å². The van der Waals surface area contributed by atoms with Crippen LogP contribution in [0.2, 0.25) is 0 Å². The Balaban J connectivity index is 1.26. The zero-order valence-electron chi connectivity index (χ0n) is 17.1. The lowest BCUT2D eigenvalue weighted by atomic mass is 10.2. The number of nitrogens with one attached hydrogen (secondary N) is 2. The standard InChI is InChI=1S/C21H20N4O5S2/c1-2-28-15-6-3-13(4-7-15)19(27)23-20-24-25-21(32-20)31-12-18(26)22-14-5-8-16-17(11-14)30-10-9-29-16/h3-8,11H,2,9-10,12H2,1H3,(H,22,26)(H,23,24,27). The van der Waals surface area contributed by atoms with Gasteiger partial charge in [0.15, 0.2) is 15.8 Å². The highest BCUT2D eigenvalue weighted by molar-refractivity contribution is 8.01. The molecule has 0 radical (unpaired) electrons. The molecule has 1 aliphatic rings. The minimum Gasteiger partial charge on any atom is -0.494 e. The number of hydrogen-bond donors (Lipinski definition) is 2. The number of nitrogens with zero attached hydrogens (tertiary/aromatic N) is 2. The predicted molar refractivity (Wildman–Crippen MR) is 122 cm³/mol. The van der Waals surface area contributed by atoms with Gasteiger partial charge in [0.1, 0.15) is 19.0 Å². The topological polar surface area (TPSA) is 112 Å². The summed E-state index contributed by atoms with van der Waals surface area (Å²) in [5.74, 6) is 1.64. The van der Waals surface area contributed by atoms with Crippen molar-refractivity contribution in [3.05, 3.63) is 48.0 Å². The molecule has 0 fully saturated rings. The Morgan fingerprint density at radius 3 is 2.62 bits per heavy atom. The molecule has 1 aliphatic heterocycles. The number of carbonyl (C=O) groups is 2. The van der Waals surface area contributed by atoms with Crippen LogP contribution in [0, 0.1) is 0 Å². The zero-order chi connectivity index (χ0) is 22.3. The van der Waals surface area contributed by atoms with Crippen molar-refractivity contribution in [1.29, 1.82) is 0 Å². The van der Waals surface area contributed by atoms with E-state index in [1.807, 2.05) is 6.92 Å². The number of fused-ring (bicyclic) bond motifs is 1. The maximum absolute atomic E-state index is 12.4. The molecule has 32 heavy (non-hydrogen) atoms. The van der Waals surface area contributed by atoms with Crippen LogP contribution in [-0.4, -0.2) is 47.6 Å². The Hall–Kier alpha value is -3.31. The number of aromatic nitrogens is 2. The Kier molecular flexibility index (Phi) is 7.07. The predicted octanol–water partition coefficient (Wildman–Crippen LogP) is 3.69. The molecule has 9 nitrogen and oxygen atoms in total. The summed E-state index contributed by atoms with van der Waals surface area (Å²) < 4.78 is 16.9. The number of amides is 2. The van der Waals surface area contributed by atoms with E-state index in [0.717, 1.165) is 0 Å². The van der Waals surface area contributed by atoms with Gasteiger partial charge in [0.05, 0.1) is 12.4 Å². The summed E-state index contributed by atoms with van der Waals surface area (Å²) >= 11 is 2.44. The van der Waals surface area contributed by atoms with E-state index in [1.165, 1.54) is 23.1 Å². The Labute approximate surface area is 192 Å². The van der Waals surface area contributed by atoms with E-state index in [9.17, 15) is 9.59 Å². The van der Waals surface area contributed by atoms with Crippen molar-refractivity contribution in [2.24, 2.45) is 0 Å². The molecule has 0 spiro atoms. The minimum atomic E-state index is -0.294. The fourth-order valence-electron chi connectivity index (χ4n) is 2.80. The summed E-state index contributed by atoms with van der Waals surface area (Å²) in [6.07, 6.45) is 0. The Bertz CT molecular complexity index is 1100. The molecular weight excluding hydrogens is 452 g/mol. The van der Waals surface area contributed by atoms with Crippen molar-refractivity contribution < 1.29 is 23.8 Å². The number of anilines is 2. The van der Waals surface area contributed by atoms with Crippen LogP contribution in [0.3, 0.4) is 0 Å². The van der Waals surface area contributed by atoms with E-state index in [-0.39, 0.29) is 17.6 Å². The molecule has 2 heterocycles. The van der Waals surface area contributed by atoms with E-state index in [2.05, 4.69) is 20.8 Å². The molecule has 1 aromatic heterocycles. The highest BCUT2D eigenvalue weighted by Crippen LogP contribution is 2.33. The van der Waals surface area contributed by atoms with Gasteiger partial charge in [-0.05, 0) is 43.3 Å². The summed E-state index contributed by atoms with van der Waals surface area (Å²) in [7, 11) is 0. The lowest BCUT2D eigenvalue weighted by Gasteiger charge is -2.18. The van der Waals surface area contributed by atoms with Gasteiger partial charge in [-0.2, -0.15) is 0 Å². The van der Waals surface area contributed by atoms with Gasteiger partial charge in [-0.3, -0.25) is 14.9 Å². The highest BCUT2D eigenvalue weighted by atomic mass is 32.2. The average molecular weight is 473 g/mol. The van der Waals surface area contributed by atoms with Crippen LogP contribution in [0.15, 0.2) is 46.8 Å². The molecule has 2 amide bonds. The van der Waals surface area contributed by atoms with Crippen molar-refractivity contribution in [2.45, 2.75) is 11.3 Å². The van der Waals surface area contributed by atoms with Crippen LogP contribution in [0.1, 0.15) is 17.3 Å². The molecule has 166 valence electrons. The smallest absolute Gasteiger partial charge is 0.257 e. The summed E-state index contributed by atoms with van der Waals surface area (Å²) in [5.41, 5.74) is 1.11. The van der Waals surface area contributed by atoms with Gasteiger partial charge in [0.25, 0.3) is 5.91 Å². The van der Waals surface area contributed by atoms with E-state index in [1.54, 1.807) is 42.5 Å². The maximum atomic E-state index is 12.4. The first-order valence-corrected chi connectivity index (χ1v) is 11.6. The van der Waals surface area contributed by atoms with Gasteiger partial charge in [-0.25, -0.2) is 0 Å². The molecule has 3 aromatic rings. The van der Waals surface area contributed by atoms with Crippen molar-refractivity contribution >= 4 is 45.7 Å². The summed E-state index contributed by atoms with van der Waals surface area (Å²) in [6, 6.07) is 12.1. The zero-order valence-corrected chi connectivity index (χ0v) is 18.8.